The molecule has 0 bridgehead atoms. The fourth-order valence-electron chi connectivity index (χ4n) is 2.04. The second kappa shape index (κ2) is 6.38. The zero-order chi connectivity index (χ0) is 14.5. The first-order valence-electron chi connectivity index (χ1n) is 6.42. The molecule has 0 aromatic carbocycles. The van der Waals surface area contributed by atoms with E-state index in [1.807, 2.05) is 13.1 Å². The molecule has 2 heterocycles. The molecule has 0 spiro atoms. The van der Waals surface area contributed by atoms with Gasteiger partial charge in [0.15, 0.2) is 6.10 Å². The molecule has 1 fully saturated rings. The lowest BCUT2D eigenvalue weighted by molar-refractivity contribution is -0.154. The molecule has 1 saturated heterocycles. The van der Waals surface area contributed by atoms with Crippen molar-refractivity contribution in [3.63, 3.8) is 0 Å². The van der Waals surface area contributed by atoms with E-state index in [9.17, 15) is 9.59 Å². The molecule has 1 unspecified atom stereocenters. The lowest BCUT2D eigenvalue weighted by Crippen LogP contribution is -2.52. The molecule has 1 aromatic heterocycles. The molecular formula is C12H18N4O4. The van der Waals surface area contributed by atoms with Crippen LogP contribution >= 0.6 is 0 Å². The minimum absolute atomic E-state index is 0.0763. The maximum Gasteiger partial charge on any atom is 0.334 e. The number of carbonyl (C=O) groups excluding carboxylic acids is 1. The summed E-state index contributed by atoms with van der Waals surface area (Å²) in [5.41, 5.74) is 1.02. The van der Waals surface area contributed by atoms with Crippen LogP contribution < -0.4 is 5.32 Å². The van der Waals surface area contributed by atoms with Gasteiger partial charge in [0.25, 0.3) is 0 Å². The Kier molecular flexibility index (Phi) is 4.57. The zero-order valence-electron chi connectivity index (χ0n) is 11.3. The van der Waals surface area contributed by atoms with Crippen LogP contribution in [0.1, 0.15) is 5.69 Å². The van der Waals surface area contributed by atoms with Crippen LogP contribution in [0.3, 0.4) is 0 Å². The zero-order valence-corrected chi connectivity index (χ0v) is 11.3. The van der Waals surface area contributed by atoms with Gasteiger partial charge in [-0.1, -0.05) is 0 Å². The number of carboxylic acids is 1. The van der Waals surface area contributed by atoms with E-state index in [-0.39, 0.29) is 19.2 Å². The number of aryl methyl sites for hydroxylation is 1. The van der Waals surface area contributed by atoms with E-state index in [4.69, 9.17) is 9.84 Å². The van der Waals surface area contributed by atoms with Crippen molar-refractivity contribution in [1.82, 2.24) is 20.0 Å². The van der Waals surface area contributed by atoms with Crippen LogP contribution in [0.25, 0.3) is 0 Å². The standard InChI is InChI=1S/C12H18N4O4/c1-15-9(3-5-14-15)2-4-13-12(19)16-6-7-20-10(8-16)11(17)18/h3,5,10H,2,4,6-8H2,1H3,(H,13,19)(H,17,18). The third kappa shape index (κ3) is 3.47. The summed E-state index contributed by atoms with van der Waals surface area (Å²) in [6.07, 6.45) is 1.44. The molecule has 2 amide bonds. The van der Waals surface area contributed by atoms with Crippen LogP contribution in [0.5, 0.6) is 0 Å². The number of aliphatic carboxylic acids is 1. The van der Waals surface area contributed by atoms with Crippen LogP contribution in [0.4, 0.5) is 4.79 Å². The smallest absolute Gasteiger partial charge is 0.334 e. The maximum absolute atomic E-state index is 11.9. The molecule has 0 radical (unpaired) electrons. The molecule has 2 rings (SSSR count). The third-order valence-corrected chi connectivity index (χ3v) is 3.21. The summed E-state index contributed by atoms with van der Waals surface area (Å²) in [6.45, 7) is 1.20. The molecule has 0 saturated carbocycles. The first-order valence-corrected chi connectivity index (χ1v) is 6.42. The van der Waals surface area contributed by atoms with E-state index in [0.717, 1.165) is 5.69 Å². The Labute approximate surface area is 116 Å². The molecule has 1 aromatic rings. The number of carboxylic acid groups (broad SMARTS) is 1. The number of urea groups is 1. The molecule has 20 heavy (non-hydrogen) atoms. The predicted molar refractivity (Wildman–Crippen MR) is 69.3 cm³/mol. The van der Waals surface area contributed by atoms with Crippen LogP contribution in [0.2, 0.25) is 0 Å². The molecule has 1 atom stereocenters. The molecule has 1 aliphatic heterocycles. The van der Waals surface area contributed by atoms with Gasteiger partial charge < -0.3 is 20.1 Å². The summed E-state index contributed by atoms with van der Waals surface area (Å²) in [7, 11) is 1.84. The van der Waals surface area contributed by atoms with E-state index in [1.54, 1.807) is 10.9 Å². The monoisotopic (exact) mass is 282 g/mol. The summed E-state index contributed by atoms with van der Waals surface area (Å²) < 4.78 is 6.82. The highest BCUT2D eigenvalue weighted by molar-refractivity contribution is 5.77. The van der Waals surface area contributed by atoms with Crippen molar-refractivity contribution >= 4 is 12.0 Å². The highest BCUT2D eigenvalue weighted by atomic mass is 16.5. The number of amides is 2. The SMILES string of the molecule is Cn1nccc1CCNC(=O)N1CCOC(C(=O)O)C1. The second-order valence-corrected chi connectivity index (χ2v) is 4.57. The van der Waals surface area contributed by atoms with Gasteiger partial charge in [-0.2, -0.15) is 5.10 Å². The van der Waals surface area contributed by atoms with Gasteiger partial charge in [-0.05, 0) is 6.07 Å². The second-order valence-electron chi connectivity index (χ2n) is 4.57. The van der Waals surface area contributed by atoms with Crippen molar-refractivity contribution in [1.29, 1.82) is 0 Å². The average Bonchev–Trinajstić information content (AvgIpc) is 2.84. The Hall–Kier alpha value is -2.09. The number of nitrogens with one attached hydrogen (secondary N) is 1. The summed E-state index contributed by atoms with van der Waals surface area (Å²) in [4.78, 5) is 24.2. The molecule has 8 heteroatoms. The highest BCUT2D eigenvalue weighted by Crippen LogP contribution is 2.05. The van der Waals surface area contributed by atoms with Gasteiger partial charge >= 0.3 is 12.0 Å². The van der Waals surface area contributed by atoms with Crippen LogP contribution in [-0.4, -0.2) is 64.1 Å². The van der Waals surface area contributed by atoms with Gasteiger partial charge in [-0.25, -0.2) is 9.59 Å². The van der Waals surface area contributed by atoms with Crippen LogP contribution in [-0.2, 0) is 23.0 Å². The molecule has 0 aliphatic carbocycles. The van der Waals surface area contributed by atoms with Crippen molar-refractivity contribution in [2.75, 3.05) is 26.2 Å². The number of aromatic nitrogens is 2. The van der Waals surface area contributed by atoms with Crippen LogP contribution in [0.15, 0.2) is 12.3 Å². The Morgan fingerprint density at radius 2 is 2.40 bits per heavy atom. The average molecular weight is 282 g/mol. The number of nitrogens with zero attached hydrogens (tertiary/aromatic N) is 3. The number of hydrogen-bond donors (Lipinski definition) is 2. The van der Waals surface area contributed by atoms with Crippen LogP contribution in [0, 0.1) is 0 Å². The van der Waals surface area contributed by atoms with Gasteiger partial charge in [0, 0.05) is 38.4 Å². The van der Waals surface area contributed by atoms with E-state index in [1.165, 1.54) is 4.90 Å². The van der Waals surface area contributed by atoms with Crippen molar-refractivity contribution < 1.29 is 19.4 Å². The van der Waals surface area contributed by atoms with E-state index < -0.39 is 12.1 Å². The van der Waals surface area contributed by atoms with Gasteiger partial charge in [0.1, 0.15) is 0 Å². The van der Waals surface area contributed by atoms with Crippen molar-refractivity contribution in [3.8, 4) is 0 Å². The largest absolute Gasteiger partial charge is 0.479 e. The lowest BCUT2D eigenvalue weighted by atomic mass is 10.3. The molecule has 2 N–H and O–H groups in total. The third-order valence-electron chi connectivity index (χ3n) is 3.21. The number of carbonyl (C=O) groups is 2. The van der Waals surface area contributed by atoms with E-state index >= 15 is 0 Å². The van der Waals surface area contributed by atoms with Gasteiger partial charge in [-0.15, -0.1) is 0 Å². The molecule has 1 aliphatic rings. The first-order chi connectivity index (χ1) is 9.58. The number of morpholine rings is 1. The summed E-state index contributed by atoms with van der Waals surface area (Å²) in [5.74, 6) is -1.04. The molecule has 8 nitrogen and oxygen atoms in total. The first kappa shape index (κ1) is 14.3. The Bertz CT molecular complexity index is 488. The minimum atomic E-state index is -1.04. The number of hydrogen-bond acceptors (Lipinski definition) is 4. The maximum atomic E-state index is 11.9. The van der Waals surface area contributed by atoms with Crippen molar-refractivity contribution in [3.05, 3.63) is 18.0 Å². The highest BCUT2D eigenvalue weighted by Gasteiger charge is 2.28. The Balaban J connectivity index is 1.77. The normalized spacial score (nSPS) is 18.9. The summed E-state index contributed by atoms with van der Waals surface area (Å²) in [6, 6.07) is 1.63. The molecular weight excluding hydrogens is 264 g/mol. The van der Waals surface area contributed by atoms with Gasteiger partial charge in [-0.3, -0.25) is 4.68 Å². The van der Waals surface area contributed by atoms with E-state index in [2.05, 4.69) is 10.4 Å². The summed E-state index contributed by atoms with van der Waals surface area (Å²) in [5, 5.41) is 15.7. The number of rotatable bonds is 4. The topological polar surface area (TPSA) is 96.7 Å². The molecule has 110 valence electrons. The minimum Gasteiger partial charge on any atom is -0.479 e. The Morgan fingerprint density at radius 1 is 1.60 bits per heavy atom. The van der Waals surface area contributed by atoms with Gasteiger partial charge in [0.05, 0.1) is 13.2 Å². The Morgan fingerprint density at radius 3 is 3.05 bits per heavy atom. The van der Waals surface area contributed by atoms with Gasteiger partial charge in [0.2, 0.25) is 0 Å². The van der Waals surface area contributed by atoms with Crippen molar-refractivity contribution in [2.45, 2.75) is 12.5 Å². The lowest BCUT2D eigenvalue weighted by Gasteiger charge is -2.30. The fourth-order valence-corrected chi connectivity index (χ4v) is 2.04. The predicted octanol–water partition coefficient (Wildman–Crippen LogP) is -0.542. The van der Waals surface area contributed by atoms with Crippen molar-refractivity contribution in [2.24, 2.45) is 7.05 Å². The quantitative estimate of drug-likeness (QED) is 0.773. The van der Waals surface area contributed by atoms with E-state index in [0.29, 0.717) is 19.5 Å². The number of ether oxygens (including phenoxy) is 1. The summed E-state index contributed by atoms with van der Waals surface area (Å²) >= 11 is 0. The fraction of sp³-hybridized carbons (Fsp3) is 0.583.